The van der Waals surface area contributed by atoms with Crippen molar-refractivity contribution in [2.45, 2.75) is 12.2 Å². The number of aliphatic hydroxyl groups excluding tert-OH is 2. The molecule has 1 fully saturated rings. The zero-order valence-corrected chi connectivity index (χ0v) is 9.76. The largest absolute Gasteiger partial charge is 0.502 e. The van der Waals surface area contributed by atoms with Gasteiger partial charge in [-0.1, -0.05) is 0 Å². The van der Waals surface area contributed by atoms with Crippen LogP contribution in [0.25, 0.3) is 0 Å². The highest BCUT2D eigenvalue weighted by Crippen LogP contribution is 2.27. The Morgan fingerprint density at radius 2 is 1.89 bits per heavy atom. The molecule has 2 rings (SSSR count). The summed E-state index contributed by atoms with van der Waals surface area (Å²) in [5, 5.41) is 38.7. The maximum Gasteiger partial charge on any atom is 0.310 e. The number of hydrogen-bond donors (Lipinski definition) is 3. The smallest absolute Gasteiger partial charge is 0.310 e. The van der Waals surface area contributed by atoms with Crippen LogP contribution in [0.2, 0.25) is 0 Å². The molecule has 0 radical (unpaired) electrons. The average Bonchev–Trinajstić information content (AvgIpc) is 2.68. The lowest BCUT2D eigenvalue weighted by Crippen LogP contribution is -2.29. The van der Waals surface area contributed by atoms with Gasteiger partial charge in [-0.15, -0.1) is 0 Å². The lowest BCUT2D eigenvalue weighted by atomic mass is 10.1. The number of hydrogen-bond acceptors (Lipinski definition) is 6. The third-order valence-corrected chi connectivity index (χ3v) is 2.97. The van der Waals surface area contributed by atoms with E-state index in [1.165, 1.54) is 11.0 Å². The first-order chi connectivity index (χ1) is 8.90. The summed E-state index contributed by atoms with van der Waals surface area (Å²) in [6.07, 6.45) is -2.01. The van der Waals surface area contributed by atoms with E-state index in [-0.39, 0.29) is 18.7 Å². The molecule has 2 unspecified atom stereocenters. The van der Waals surface area contributed by atoms with Crippen molar-refractivity contribution in [3.05, 3.63) is 33.9 Å². The van der Waals surface area contributed by atoms with E-state index >= 15 is 0 Å². The summed E-state index contributed by atoms with van der Waals surface area (Å²) in [5.41, 5.74) is -0.428. The molecular formula is C11H12N2O6. The van der Waals surface area contributed by atoms with Crippen LogP contribution in [0.1, 0.15) is 10.4 Å². The van der Waals surface area contributed by atoms with Gasteiger partial charge in [-0.3, -0.25) is 14.9 Å². The molecule has 1 aromatic carbocycles. The Balaban J connectivity index is 2.21. The Bertz CT molecular complexity index is 522. The van der Waals surface area contributed by atoms with Gasteiger partial charge < -0.3 is 20.2 Å². The maximum atomic E-state index is 12.0. The van der Waals surface area contributed by atoms with Gasteiger partial charge in [0.05, 0.1) is 17.1 Å². The molecule has 0 bridgehead atoms. The number of likely N-dealkylation sites (tertiary alicyclic amines) is 1. The van der Waals surface area contributed by atoms with Crippen molar-refractivity contribution in [3.63, 3.8) is 0 Å². The number of carbonyl (C=O) groups is 1. The summed E-state index contributed by atoms with van der Waals surface area (Å²) in [5.74, 6) is -1.11. The molecule has 102 valence electrons. The number of nitrogens with zero attached hydrogens (tertiary/aromatic N) is 2. The third-order valence-electron chi connectivity index (χ3n) is 2.97. The minimum atomic E-state index is -1.00. The van der Waals surface area contributed by atoms with E-state index in [1.54, 1.807) is 0 Å². The lowest BCUT2D eigenvalue weighted by molar-refractivity contribution is -0.385. The van der Waals surface area contributed by atoms with Crippen molar-refractivity contribution in [2.75, 3.05) is 13.1 Å². The molecule has 1 heterocycles. The zero-order chi connectivity index (χ0) is 14.2. The number of carbonyl (C=O) groups excluding carboxylic acids is 1. The normalized spacial score (nSPS) is 22.5. The molecular weight excluding hydrogens is 256 g/mol. The van der Waals surface area contributed by atoms with Crippen LogP contribution < -0.4 is 0 Å². The second-order valence-corrected chi connectivity index (χ2v) is 4.31. The molecule has 8 nitrogen and oxygen atoms in total. The monoisotopic (exact) mass is 268 g/mol. The van der Waals surface area contributed by atoms with Gasteiger partial charge in [0.15, 0.2) is 5.75 Å². The quantitative estimate of drug-likeness (QED) is 0.489. The van der Waals surface area contributed by atoms with Gasteiger partial charge >= 0.3 is 5.69 Å². The van der Waals surface area contributed by atoms with Crippen LogP contribution in [0.5, 0.6) is 5.75 Å². The molecule has 8 heteroatoms. The van der Waals surface area contributed by atoms with E-state index in [9.17, 15) is 30.2 Å². The van der Waals surface area contributed by atoms with Gasteiger partial charge in [0, 0.05) is 24.7 Å². The first-order valence-electron chi connectivity index (χ1n) is 5.53. The number of benzene rings is 1. The molecule has 0 aliphatic carbocycles. The van der Waals surface area contributed by atoms with Gasteiger partial charge in [0.2, 0.25) is 0 Å². The van der Waals surface area contributed by atoms with Gasteiger partial charge in [0.25, 0.3) is 5.91 Å². The third kappa shape index (κ3) is 2.49. The molecule has 1 saturated heterocycles. The number of amides is 1. The fourth-order valence-electron chi connectivity index (χ4n) is 1.93. The van der Waals surface area contributed by atoms with Crippen molar-refractivity contribution in [3.8, 4) is 5.75 Å². The van der Waals surface area contributed by atoms with Gasteiger partial charge in [0.1, 0.15) is 0 Å². The minimum absolute atomic E-state index is 0.0161. The van der Waals surface area contributed by atoms with E-state index < -0.39 is 34.5 Å². The Labute approximate surface area is 107 Å². The molecule has 1 aliphatic rings. The average molecular weight is 268 g/mol. The topological polar surface area (TPSA) is 124 Å². The molecule has 2 atom stereocenters. The van der Waals surface area contributed by atoms with Gasteiger partial charge in [-0.2, -0.15) is 0 Å². The Hall–Kier alpha value is -2.19. The standard InChI is InChI=1S/C11H12N2O6/c14-8-3-6(1-2-7(8)13(18)19)11(17)12-4-9(15)10(16)5-12/h1-3,9-10,14-16H,4-5H2. The van der Waals surface area contributed by atoms with Crippen molar-refractivity contribution in [1.29, 1.82) is 0 Å². The summed E-state index contributed by atoms with van der Waals surface area (Å²) in [7, 11) is 0. The number of nitro groups is 1. The Morgan fingerprint density at radius 1 is 1.32 bits per heavy atom. The minimum Gasteiger partial charge on any atom is -0.502 e. The van der Waals surface area contributed by atoms with Crippen LogP contribution in [0.4, 0.5) is 5.69 Å². The number of rotatable bonds is 2. The summed E-state index contributed by atoms with van der Waals surface area (Å²) in [4.78, 5) is 23.0. The first kappa shape index (κ1) is 13.2. The molecule has 1 amide bonds. The Kier molecular flexibility index (Phi) is 3.36. The van der Waals surface area contributed by atoms with Crippen LogP contribution in [-0.2, 0) is 0 Å². The van der Waals surface area contributed by atoms with E-state index in [2.05, 4.69) is 0 Å². The highest BCUT2D eigenvalue weighted by Gasteiger charge is 2.33. The van der Waals surface area contributed by atoms with E-state index in [4.69, 9.17) is 0 Å². The van der Waals surface area contributed by atoms with Crippen LogP contribution in [0.3, 0.4) is 0 Å². The number of aromatic hydroxyl groups is 1. The zero-order valence-electron chi connectivity index (χ0n) is 9.76. The Morgan fingerprint density at radius 3 is 2.37 bits per heavy atom. The van der Waals surface area contributed by atoms with E-state index in [1.807, 2.05) is 0 Å². The number of β-amino-alcohol motifs (C(OH)–C–C–N with tert-alkyl or cyclic N) is 2. The highest BCUT2D eigenvalue weighted by molar-refractivity contribution is 5.95. The molecule has 0 aromatic heterocycles. The molecule has 1 aliphatic heterocycles. The summed E-state index contributed by atoms with van der Waals surface area (Å²) >= 11 is 0. The second kappa shape index (κ2) is 4.82. The number of phenolic OH excluding ortho intramolecular Hbond substituents is 1. The SMILES string of the molecule is O=C(c1ccc([N+](=O)[O-])c(O)c1)N1CC(O)C(O)C1. The molecule has 1 aromatic rings. The van der Waals surface area contributed by atoms with E-state index in [0.29, 0.717) is 0 Å². The molecule has 3 N–H and O–H groups in total. The van der Waals surface area contributed by atoms with E-state index in [0.717, 1.165) is 12.1 Å². The summed E-state index contributed by atoms with van der Waals surface area (Å²) in [6.45, 7) is -0.0322. The number of aliphatic hydroxyl groups is 2. The van der Waals surface area contributed by atoms with Crippen molar-refractivity contribution in [2.24, 2.45) is 0 Å². The van der Waals surface area contributed by atoms with Crippen LogP contribution in [-0.4, -0.2) is 56.3 Å². The van der Waals surface area contributed by atoms with Crippen LogP contribution in [0, 0.1) is 10.1 Å². The second-order valence-electron chi connectivity index (χ2n) is 4.31. The fraction of sp³-hybridized carbons (Fsp3) is 0.364. The maximum absolute atomic E-state index is 12.0. The molecule has 19 heavy (non-hydrogen) atoms. The lowest BCUT2D eigenvalue weighted by Gasteiger charge is -2.15. The first-order valence-corrected chi connectivity index (χ1v) is 5.53. The molecule has 0 saturated carbocycles. The van der Waals surface area contributed by atoms with Gasteiger partial charge in [-0.25, -0.2) is 0 Å². The van der Waals surface area contributed by atoms with Crippen molar-refractivity contribution < 1.29 is 25.0 Å². The van der Waals surface area contributed by atoms with Crippen molar-refractivity contribution in [1.82, 2.24) is 4.90 Å². The predicted molar refractivity (Wildman–Crippen MR) is 62.7 cm³/mol. The summed E-state index contributed by atoms with van der Waals surface area (Å²) < 4.78 is 0. The number of nitro benzene ring substituents is 1. The fourth-order valence-corrected chi connectivity index (χ4v) is 1.93. The van der Waals surface area contributed by atoms with Gasteiger partial charge in [-0.05, 0) is 12.1 Å². The van der Waals surface area contributed by atoms with Crippen LogP contribution in [0.15, 0.2) is 18.2 Å². The van der Waals surface area contributed by atoms with Crippen molar-refractivity contribution >= 4 is 11.6 Å². The van der Waals surface area contributed by atoms with Crippen LogP contribution >= 0.6 is 0 Å². The molecule has 0 spiro atoms. The predicted octanol–water partition coefficient (Wildman–Crippen LogP) is -0.522. The number of phenols is 1. The highest BCUT2D eigenvalue weighted by atomic mass is 16.6. The summed E-state index contributed by atoms with van der Waals surface area (Å²) in [6, 6.07) is 3.25.